The number of para-hydroxylation sites is 1. The predicted octanol–water partition coefficient (Wildman–Crippen LogP) is 4.26. The molecule has 2 heterocycles. The lowest BCUT2D eigenvalue weighted by molar-refractivity contribution is -0.111. The van der Waals surface area contributed by atoms with Crippen molar-refractivity contribution in [2.75, 3.05) is 5.32 Å². The monoisotopic (exact) mass is 325 g/mol. The molecule has 0 unspecified atom stereocenters. The fraction of sp³-hybridized carbons (Fsp3) is 0.111. The predicted molar refractivity (Wildman–Crippen MR) is 93.8 cm³/mol. The van der Waals surface area contributed by atoms with E-state index in [-0.39, 0.29) is 5.91 Å². The molecule has 0 saturated carbocycles. The van der Waals surface area contributed by atoms with Crippen LogP contribution in [0.25, 0.3) is 11.7 Å². The Balaban J connectivity index is 1.85. The Kier molecular flexibility index (Phi) is 4.17. The number of fused-ring (bicyclic) bond motifs is 1. The summed E-state index contributed by atoms with van der Waals surface area (Å²) in [7, 11) is 0. The number of anilines is 1. The number of aromatic nitrogens is 2. The molecule has 0 atom stereocenters. The van der Waals surface area contributed by atoms with Crippen LogP contribution in [0.5, 0.6) is 0 Å². The van der Waals surface area contributed by atoms with Crippen LogP contribution in [0, 0.1) is 13.8 Å². The van der Waals surface area contributed by atoms with Crippen molar-refractivity contribution in [2.24, 2.45) is 0 Å². The summed E-state index contributed by atoms with van der Waals surface area (Å²) in [6.07, 6.45) is 5.00. The molecule has 5 heteroatoms. The summed E-state index contributed by atoms with van der Waals surface area (Å²) in [5.74, 6) is -0.204. The summed E-state index contributed by atoms with van der Waals surface area (Å²) in [5, 5.41) is 3.28. The van der Waals surface area contributed by atoms with Gasteiger partial charge in [-0.15, -0.1) is 0 Å². The average molecular weight is 326 g/mol. The van der Waals surface area contributed by atoms with Gasteiger partial charge in [-0.05, 0) is 43.2 Å². The van der Waals surface area contributed by atoms with Gasteiger partial charge in [-0.2, -0.15) is 0 Å². The first kappa shape index (κ1) is 15.3. The number of benzene rings is 1. The van der Waals surface area contributed by atoms with E-state index in [4.69, 9.17) is 11.6 Å². The normalized spacial score (nSPS) is 11.3. The molecule has 4 nitrogen and oxygen atoms in total. The molecule has 0 aliphatic heterocycles. The molecule has 0 fully saturated rings. The summed E-state index contributed by atoms with van der Waals surface area (Å²) < 4.78 is 1.84. The molecule has 1 aromatic carbocycles. The van der Waals surface area contributed by atoms with Crippen molar-refractivity contribution in [3.8, 4) is 0 Å². The number of hydrogen-bond donors (Lipinski definition) is 1. The molecule has 0 radical (unpaired) electrons. The van der Waals surface area contributed by atoms with Crippen molar-refractivity contribution in [1.82, 2.24) is 9.38 Å². The second-order valence-corrected chi connectivity index (χ2v) is 5.66. The highest BCUT2D eigenvalue weighted by Crippen LogP contribution is 2.21. The molecule has 0 spiro atoms. The van der Waals surface area contributed by atoms with E-state index in [1.54, 1.807) is 6.08 Å². The summed E-state index contributed by atoms with van der Waals surface area (Å²) in [6, 6.07) is 11.5. The molecule has 1 amide bonds. The number of rotatable bonds is 3. The zero-order chi connectivity index (χ0) is 16.4. The van der Waals surface area contributed by atoms with E-state index in [9.17, 15) is 4.79 Å². The minimum atomic E-state index is -0.204. The molecule has 2 aromatic heterocycles. The number of imidazole rings is 1. The highest BCUT2D eigenvalue weighted by atomic mass is 35.5. The van der Waals surface area contributed by atoms with Gasteiger partial charge in [0.05, 0.1) is 5.69 Å². The third-order valence-electron chi connectivity index (χ3n) is 3.64. The number of carbonyl (C=O) groups is 1. The van der Waals surface area contributed by atoms with E-state index in [2.05, 4.69) is 10.3 Å². The standard InChI is InChI=1S/C18H16ClN3O/c1-12-6-5-7-13(2)17(12)21-16(23)10-9-14-18(19)20-15-8-3-4-11-22(14)15/h3-11H,1-2H3,(H,21,23)/b10-9+. The van der Waals surface area contributed by atoms with E-state index in [0.29, 0.717) is 10.8 Å². The Labute approximate surface area is 139 Å². The van der Waals surface area contributed by atoms with E-state index >= 15 is 0 Å². The van der Waals surface area contributed by atoms with Crippen molar-refractivity contribution >= 4 is 34.9 Å². The van der Waals surface area contributed by atoms with Crippen molar-refractivity contribution in [2.45, 2.75) is 13.8 Å². The van der Waals surface area contributed by atoms with Crippen LogP contribution in [0.15, 0.2) is 48.7 Å². The number of nitrogens with zero attached hydrogens (tertiary/aromatic N) is 2. The molecule has 0 bridgehead atoms. The van der Waals surface area contributed by atoms with Crippen LogP contribution >= 0.6 is 11.6 Å². The smallest absolute Gasteiger partial charge is 0.248 e. The molecule has 0 saturated heterocycles. The summed E-state index contributed by atoms with van der Waals surface area (Å²) in [5.41, 5.74) is 4.32. The molecule has 3 aromatic rings. The number of amides is 1. The third-order valence-corrected chi connectivity index (χ3v) is 3.92. The first-order chi connectivity index (χ1) is 11.1. The maximum Gasteiger partial charge on any atom is 0.248 e. The minimum Gasteiger partial charge on any atom is -0.322 e. The molecule has 116 valence electrons. The van der Waals surface area contributed by atoms with Crippen LogP contribution in [0.2, 0.25) is 5.15 Å². The van der Waals surface area contributed by atoms with Crippen molar-refractivity contribution < 1.29 is 4.79 Å². The van der Waals surface area contributed by atoms with Gasteiger partial charge in [-0.1, -0.05) is 35.9 Å². The number of pyridine rings is 1. The van der Waals surface area contributed by atoms with Gasteiger partial charge in [0.15, 0.2) is 5.15 Å². The van der Waals surface area contributed by atoms with E-state index in [0.717, 1.165) is 22.5 Å². The zero-order valence-electron chi connectivity index (χ0n) is 12.9. The number of hydrogen-bond acceptors (Lipinski definition) is 2. The first-order valence-electron chi connectivity index (χ1n) is 7.24. The zero-order valence-corrected chi connectivity index (χ0v) is 13.6. The van der Waals surface area contributed by atoms with Gasteiger partial charge < -0.3 is 5.32 Å². The summed E-state index contributed by atoms with van der Waals surface area (Å²) in [6.45, 7) is 3.93. The van der Waals surface area contributed by atoms with Crippen LogP contribution in [-0.4, -0.2) is 15.3 Å². The molecule has 0 aliphatic rings. The Hall–Kier alpha value is -2.59. The van der Waals surface area contributed by atoms with Crippen molar-refractivity contribution in [3.05, 3.63) is 70.6 Å². The Morgan fingerprint density at radius 2 is 1.91 bits per heavy atom. The second kappa shape index (κ2) is 6.26. The van der Waals surface area contributed by atoms with Gasteiger partial charge in [0, 0.05) is 18.0 Å². The molecule has 3 rings (SSSR count). The van der Waals surface area contributed by atoms with Gasteiger partial charge in [0.1, 0.15) is 5.65 Å². The minimum absolute atomic E-state index is 0.204. The molecular weight excluding hydrogens is 310 g/mol. The lowest BCUT2D eigenvalue weighted by atomic mass is 10.1. The van der Waals surface area contributed by atoms with Gasteiger partial charge in [-0.3, -0.25) is 9.20 Å². The van der Waals surface area contributed by atoms with Gasteiger partial charge in [0.25, 0.3) is 0 Å². The fourth-order valence-electron chi connectivity index (χ4n) is 2.47. The maximum atomic E-state index is 12.2. The second-order valence-electron chi connectivity index (χ2n) is 5.31. The number of aryl methyl sites for hydroxylation is 2. The van der Waals surface area contributed by atoms with E-state index in [1.165, 1.54) is 6.08 Å². The fourth-order valence-corrected chi connectivity index (χ4v) is 2.71. The SMILES string of the molecule is Cc1cccc(C)c1NC(=O)/C=C/c1c(Cl)nc2ccccn12. The molecule has 0 aliphatic carbocycles. The van der Waals surface area contributed by atoms with Crippen molar-refractivity contribution in [3.63, 3.8) is 0 Å². The van der Waals surface area contributed by atoms with E-state index < -0.39 is 0 Å². The first-order valence-corrected chi connectivity index (χ1v) is 7.62. The van der Waals surface area contributed by atoms with Crippen LogP contribution in [0.4, 0.5) is 5.69 Å². The third kappa shape index (κ3) is 3.12. The Morgan fingerprint density at radius 1 is 1.17 bits per heavy atom. The number of nitrogens with one attached hydrogen (secondary N) is 1. The lowest BCUT2D eigenvalue weighted by Gasteiger charge is -2.09. The Bertz CT molecular complexity index is 892. The quantitative estimate of drug-likeness (QED) is 0.731. The highest BCUT2D eigenvalue weighted by molar-refractivity contribution is 6.31. The molecule has 1 N–H and O–H groups in total. The van der Waals surface area contributed by atoms with Gasteiger partial charge >= 0.3 is 0 Å². The van der Waals surface area contributed by atoms with Crippen molar-refractivity contribution in [1.29, 1.82) is 0 Å². The number of carbonyl (C=O) groups excluding carboxylic acids is 1. The summed E-state index contributed by atoms with van der Waals surface area (Å²) in [4.78, 5) is 16.4. The topological polar surface area (TPSA) is 46.4 Å². The van der Waals surface area contributed by atoms with Crippen LogP contribution in [0.3, 0.4) is 0 Å². The maximum absolute atomic E-state index is 12.2. The highest BCUT2D eigenvalue weighted by Gasteiger charge is 2.08. The van der Waals surface area contributed by atoms with E-state index in [1.807, 2.05) is 60.8 Å². The van der Waals surface area contributed by atoms with Crippen LogP contribution < -0.4 is 5.32 Å². The molecule has 23 heavy (non-hydrogen) atoms. The lowest BCUT2D eigenvalue weighted by Crippen LogP contribution is -2.10. The average Bonchev–Trinajstić information content (AvgIpc) is 2.84. The Morgan fingerprint density at radius 3 is 2.65 bits per heavy atom. The van der Waals surface area contributed by atoms with Crippen LogP contribution in [-0.2, 0) is 4.79 Å². The molecular formula is C18H16ClN3O. The van der Waals surface area contributed by atoms with Crippen LogP contribution in [0.1, 0.15) is 16.8 Å². The summed E-state index contributed by atoms with van der Waals surface area (Å²) >= 11 is 6.15. The largest absolute Gasteiger partial charge is 0.322 e. The van der Waals surface area contributed by atoms with Gasteiger partial charge in [0.2, 0.25) is 5.91 Å². The number of halogens is 1. The van der Waals surface area contributed by atoms with Gasteiger partial charge in [-0.25, -0.2) is 4.98 Å².